The summed E-state index contributed by atoms with van der Waals surface area (Å²) in [6, 6.07) is 5.31. The Morgan fingerprint density at radius 1 is 1.29 bits per heavy atom. The first-order valence-corrected chi connectivity index (χ1v) is 7.16. The first-order chi connectivity index (χ1) is 10.0. The summed E-state index contributed by atoms with van der Waals surface area (Å²) in [5.41, 5.74) is 0.674. The molecule has 0 aliphatic heterocycles. The van der Waals surface area contributed by atoms with Crippen molar-refractivity contribution in [2.75, 3.05) is 14.2 Å². The molecule has 6 nitrogen and oxygen atoms in total. The average molecular weight is 308 g/mol. The van der Waals surface area contributed by atoms with E-state index in [1.807, 2.05) is 0 Å². The number of hydrogen-bond donors (Lipinski definition) is 0. The molecule has 0 spiro atoms. The van der Waals surface area contributed by atoms with Crippen LogP contribution in [0.15, 0.2) is 27.8 Å². The number of methoxy groups -OCH3 is 2. The second-order valence-electron chi connectivity index (χ2n) is 4.31. The van der Waals surface area contributed by atoms with Gasteiger partial charge in [-0.15, -0.1) is 10.2 Å². The third kappa shape index (κ3) is 3.55. The third-order valence-electron chi connectivity index (χ3n) is 2.90. The van der Waals surface area contributed by atoms with Crippen LogP contribution in [0.25, 0.3) is 11.5 Å². The van der Waals surface area contributed by atoms with E-state index in [0.717, 1.165) is 0 Å². The van der Waals surface area contributed by atoms with Crippen LogP contribution in [-0.2, 0) is 4.79 Å². The van der Waals surface area contributed by atoms with E-state index in [4.69, 9.17) is 13.9 Å². The lowest BCUT2D eigenvalue weighted by Crippen LogP contribution is -2.07. The van der Waals surface area contributed by atoms with E-state index in [1.165, 1.54) is 18.7 Å². The van der Waals surface area contributed by atoms with Crippen LogP contribution in [-0.4, -0.2) is 35.5 Å². The molecule has 0 saturated carbocycles. The lowest BCUT2D eigenvalue weighted by atomic mass is 10.2. The maximum absolute atomic E-state index is 11.3. The monoisotopic (exact) mass is 308 g/mol. The standard InChI is InChI=1S/C14H16N2O4S/c1-8(17)9(2)21-14-16-15-13(20-14)11-6-5-10(18-3)7-12(11)19-4/h5-7,9H,1-4H3. The van der Waals surface area contributed by atoms with Crippen molar-refractivity contribution in [3.63, 3.8) is 0 Å². The van der Waals surface area contributed by atoms with Crippen LogP contribution in [0.1, 0.15) is 13.8 Å². The molecule has 0 saturated heterocycles. The highest BCUT2D eigenvalue weighted by Crippen LogP contribution is 2.34. The quantitative estimate of drug-likeness (QED) is 0.759. The van der Waals surface area contributed by atoms with Crippen molar-refractivity contribution in [2.45, 2.75) is 24.3 Å². The molecule has 0 radical (unpaired) electrons. The fraction of sp³-hybridized carbons (Fsp3) is 0.357. The average Bonchev–Trinajstić information content (AvgIpc) is 2.94. The van der Waals surface area contributed by atoms with Crippen molar-refractivity contribution >= 4 is 17.5 Å². The van der Waals surface area contributed by atoms with Gasteiger partial charge in [0.2, 0.25) is 0 Å². The number of Topliss-reactive ketones (excluding diaryl/α,β-unsaturated/α-hetero) is 1. The zero-order valence-corrected chi connectivity index (χ0v) is 13.1. The number of ether oxygens (including phenoxy) is 2. The molecule has 7 heteroatoms. The summed E-state index contributed by atoms with van der Waals surface area (Å²) in [6.07, 6.45) is 0. The van der Waals surface area contributed by atoms with E-state index in [1.54, 1.807) is 39.3 Å². The van der Waals surface area contributed by atoms with Gasteiger partial charge in [0.15, 0.2) is 0 Å². The van der Waals surface area contributed by atoms with E-state index in [-0.39, 0.29) is 11.0 Å². The van der Waals surface area contributed by atoms with Crippen LogP contribution in [0, 0.1) is 0 Å². The van der Waals surface area contributed by atoms with Gasteiger partial charge in [-0.2, -0.15) is 0 Å². The Bertz CT molecular complexity index is 642. The lowest BCUT2D eigenvalue weighted by Gasteiger charge is -2.07. The first kappa shape index (κ1) is 15.4. The molecule has 1 aromatic heterocycles. The summed E-state index contributed by atoms with van der Waals surface area (Å²) in [7, 11) is 3.14. The molecule has 1 aromatic carbocycles. The largest absolute Gasteiger partial charge is 0.497 e. The summed E-state index contributed by atoms with van der Waals surface area (Å²) in [5.74, 6) is 1.65. The third-order valence-corrected chi connectivity index (χ3v) is 3.95. The van der Waals surface area contributed by atoms with Crippen LogP contribution >= 0.6 is 11.8 Å². The Hall–Kier alpha value is -2.02. The minimum Gasteiger partial charge on any atom is -0.497 e. The summed E-state index contributed by atoms with van der Waals surface area (Å²) in [5, 5.41) is 8.06. The van der Waals surface area contributed by atoms with E-state index in [0.29, 0.717) is 28.2 Å². The molecule has 21 heavy (non-hydrogen) atoms. The molecule has 0 aliphatic rings. The number of benzene rings is 1. The number of hydrogen-bond acceptors (Lipinski definition) is 7. The van der Waals surface area contributed by atoms with Gasteiger partial charge in [0.25, 0.3) is 11.1 Å². The van der Waals surface area contributed by atoms with Crippen molar-refractivity contribution in [3.05, 3.63) is 18.2 Å². The fourth-order valence-corrected chi connectivity index (χ4v) is 2.26. The normalized spacial score (nSPS) is 12.0. The predicted octanol–water partition coefficient (Wildman–Crippen LogP) is 2.82. The van der Waals surface area contributed by atoms with Crippen LogP contribution in [0.2, 0.25) is 0 Å². The predicted molar refractivity (Wildman–Crippen MR) is 78.8 cm³/mol. The number of rotatable bonds is 6. The summed E-state index contributed by atoms with van der Waals surface area (Å²) < 4.78 is 16.0. The minimum absolute atomic E-state index is 0.0572. The summed E-state index contributed by atoms with van der Waals surface area (Å²) >= 11 is 1.23. The van der Waals surface area contributed by atoms with E-state index in [9.17, 15) is 4.79 Å². The molecule has 1 atom stereocenters. The number of ketones is 1. The lowest BCUT2D eigenvalue weighted by molar-refractivity contribution is -0.116. The van der Waals surface area contributed by atoms with Gasteiger partial charge < -0.3 is 13.9 Å². The highest BCUT2D eigenvalue weighted by atomic mass is 32.2. The molecule has 1 heterocycles. The Balaban J connectivity index is 2.27. The van der Waals surface area contributed by atoms with Crippen molar-refractivity contribution in [1.82, 2.24) is 10.2 Å². The zero-order valence-electron chi connectivity index (χ0n) is 12.2. The molecule has 0 amide bonds. The maximum Gasteiger partial charge on any atom is 0.277 e. The first-order valence-electron chi connectivity index (χ1n) is 6.28. The van der Waals surface area contributed by atoms with Gasteiger partial charge in [-0.3, -0.25) is 4.79 Å². The van der Waals surface area contributed by atoms with E-state index >= 15 is 0 Å². The van der Waals surface area contributed by atoms with Crippen LogP contribution in [0.5, 0.6) is 11.5 Å². The van der Waals surface area contributed by atoms with Crippen molar-refractivity contribution in [1.29, 1.82) is 0 Å². The SMILES string of the molecule is COc1ccc(-c2nnc(SC(C)C(C)=O)o2)c(OC)c1. The molecule has 2 aromatic rings. The fourth-order valence-electron chi connectivity index (χ4n) is 1.58. The molecular weight excluding hydrogens is 292 g/mol. The number of thioether (sulfide) groups is 1. The number of aromatic nitrogens is 2. The number of carbonyl (C=O) groups is 1. The maximum atomic E-state index is 11.3. The molecule has 1 unspecified atom stereocenters. The van der Waals surface area contributed by atoms with Crippen molar-refractivity contribution in [3.8, 4) is 23.0 Å². The minimum atomic E-state index is -0.226. The van der Waals surface area contributed by atoms with Crippen molar-refractivity contribution < 1.29 is 18.7 Å². The topological polar surface area (TPSA) is 74.5 Å². The van der Waals surface area contributed by atoms with E-state index < -0.39 is 0 Å². The second kappa shape index (κ2) is 6.62. The molecule has 2 rings (SSSR count). The molecule has 0 aliphatic carbocycles. The van der Waals surface area contributed by atoms with Gasteiger partial charge in [-0.05, 0) is 26.0 Å². The Labute approximate surface area is 126 Å². The molecule has 112 valence electrons. The van der Waals surface area contributed by atoms with Gasteiger partial charge in [-0.25, -0.2) is 0 Å². The highest BCUT2D eigenvalue weighted by molar-refractivity contribution is 8.00. The summed E-state index contributed by atoms with van der Waals surface area (Å²) in [4.78, 5) is 11.3. The Morgan fingerprint density at radius 3 is 2.67 bits per heavy atom. The van der Waals surface area contributed by atoms with E-state index in [2.05, 4.69) is 10.2 Å². The second-order valence-corrected chi connectivity index (χ2v) is 5.60. The van der Waals surface area contributed by atoms with Gasteiger partial charge in [-0.1, -0.05) is 11.8 Å². The molecule has 0 bridgehead atoms. The zero-order chi connectivity index (χ0) is 15.4. The number of carbonyl (C=O) groups excluding carboxylic acids is 1. The smallest absolute Gasteiger partial charge is 0.277 e. The van der Waals surface area contributed by atoms with Crippen molar-refractivity contribution in [2.24, 2.45) is 0 Å². The molecule has 0 fully saturated rings. The molecular formula is C14H16N2O4S. The van der Waals surface area contributed by atoms with Crippen LogP contribution in [0.4, 0.5) is 0 Å². The van der Waals surface area contributed by atoms with Gasteiger partial charge in [0, 0.05) is 6.07 Å². The number of nitrogens with zero attached hydrogens (tertiary/aromatic N) is 2. The Kier molecular flexibility index (Phi) is 4.85. The van der Waals surface area contributed by atoms with Crippen LogP contribution < -0.4 is 9.47 Å². The van der Waals surface area contributed by atoms with Gasteiger partial charge in [0.1, 0.15) is 17.3 Å². The van der Waals surface area contributed by atoms with Crippen LogP contribution in [0.3, 0.4) is 0 Å². The van der Waals surface area contributed by atoms with Gasteiger partial charge >= 0.3 is 0 Å². The molecule has 0 N–H and O–H groups in total. The van der Waals surface area contributed by atoms with Gasteiger partial charge in [0.05, 0.1) is 25.0 Å². The highest BCUT2D eigenvalue weighted by Gasteiger charge is 2.18. The Morgan fingerprint density at radius 2 is 2.05 bits per heavy atom. The summed E-state index contributed by atoms with van der Waals surface area (Å²) in [6.45, 7) is 3.33.